The number of amides is 1. The Hall–Kier alpha value is -1.57. The predicted octanol–water partition coefficient (Wildman–Crippen LogP) is 3.85. The second kappa shape index (κ2) is 6.83. The molecule has 0 spiro atoms. The van der Waals surface area contributed by atoms with Gasteiger partial charge in [0.2, 0.25) is 5.91 Å². The van der Waals surface area contributed by atoms with E-state index in [9.17, 15) is 4.79 Å². The molecular weight excluding hydrogens is 198 g/mol. The van der Waals surface area contributed by atoms with Crippen LogP contribution in [0.25, 0.3) is 6.08 Å². The monoisotopic (exact) mass is 217 g/mol. The number of carbonyl (C=O) groups excluding carboxylic acids is 1. The highest BCUT2D eigenvalue weighted by molar-refractivity contribution is 5.90. The molecule has 0 radical (unpaired) electrons. The molecule has 1 aromatic rings. The maximum absolute atomic E-state index is 11.5. The van der Waals surface area contributed by atoms with Gasteiger partial charge in [0.25, 0.3) is 0 Å². The highest BCUT2D eigenvalue weighted by Gasteiger charge is 2.01. The molecule has 0 saturated carbocycles. The molecule has 86 valence electrons. The fourth-order valence-corrected chi connectivity index (χ4v) is 1.46. The highest BCUT2D eigenvalue weighted by Crippen LogP contribution is 2.11. The van der Waals surface area contributed by atoms with Gasteiger partial charge in [-0.3, -0.25) is 4.79 Å². The smallest absolute Gasteiger partial charge is 0.224 e. The first kappa shape index (κ1) is 12.5. The van der Waals surface area contributed by atoms with E-state index in [1.54, 1.807) is 6.08 Å². The average Bonchev–Trinajstić information content (AvgIpc) is 2.30. The van der Waals surface area contributed by atoms with Crippen LogP contribution in [0.2, 0.25) is 0 Å². The van der Waals surface area contributed by atoms with E-state index < -0.39 is 0 Å². The van der Waals surface area contributed by atoms with Crippen LogP contribution in [-0.2, 0) is 4.79 Å². The summed E-state index contributed by atoms with van der Waals surface area (Å²) < 4.78 is 0. The second-order valence-corrected chi connectivity index (χ2v) is 3.83. The molecule has 0 unspecified atom stereocenters. The van der Waals surface area contributed by atoms with Crippen molar-refractivity contribution in [2.75, 3.05) is 5.32 Å². The zero-order valence-corrected chi connectivity index (χ0v) is 9.83. The van der Waals surface area contributed by atoms with Gasteiger partial charge < -0.3 is 5.32 Å². The number of unbranched alkanes of at least 4 members (excludes halogenated alkanes) is 2. The Balaban J connectivity index is 2.40. The van der Waals surface area contributed by atoms with Gasteiger partial charge in [0.15, 0.2) is 0 Å². The lowest BCUT2D eigenvalue weighted by Crippen LogP contribution is -2.10. The lowest BCUT2D eigenvalue weighted by Gasteiger charge is -2.05. The minimum atomic E-state index is 0.0970. The Bertz CT molecular complexity index is 340. The number of hydrogen-bond donors (Lipinski definition) is 1. The number of anilines is 1. The van der Waals surface area contributed by atoms with Crippen LogP contribution < -0.4 is 5.32 Å². The Morgan fingerprint density at radius 2 is 2.00 bits per heavy atom. The van der Waals surface area contributed by atoms with Gasteiger partial charge in [-0.2, -0.15) is 0 Å². The van der Waals surface area contributed by atoms with Crippen LogP contribution >= 0.6 is 0 Å². The normalized spacial score (nSPS) is 9.81. The van der Waals surface area contributed by atoms with Crippen molar-refractivity contribution in [2.45, 2.75) is 32.6 Å². The molecule has 2 nitrogen and oxygen atoms in total. The molecule has 1 aromatic carbocycles. The molecule has 2 heteroatoms. The van der Waals surface area contributed by atoms with Crippen molar-refractivity contribution in [1.82, 2.24) is 0 Å². The zero-order valence-electron chi connectivity index (χ0n) is 9.83. The van der Waals surface area contributed by atoms with E-state index in [1.165, 1.54) is 0 Å². The maximum atomic E-state index is 11.5. The Morgan fingerprint density at radius 1 is 1.31 bits per heavy atom. The van der Waals surface area contributed by atoms with E-state index in [1.807, 2.05) is 24.3 Å². The predicted molar refractivity (Wildman–Crippen MR) is 69.3 cm³/mol. The highest BCUT2D eigenvalue weighted by atomic mass is 16.1. The summed E-state index contributed by atoms with van der Waals surface area (Å²) in [5.74, 6) is 0.0970. The van der Waals surface area contributed by atoms with E-state index in [0.717, 1.165) is 30.5 Å². The second-order valence-electron chi connectivity index (χ2n) is 3.83. The quantitative estimate of drug-likeness (QED) is 0.720. The molecule has 0 aliphatic rings. The number of hydrogen-bond acceptors (Lipinski definition) is 1. The van der Waals surface area contributed by atoms with Crippen LogP contribution in [0, 0.1) is 0 Å². The summed E-state index contributed by atoms with van der Waals surface area (Å²) in [4.78, 5) is 11.5. The number of carbonyl (C=O) groups is 1. The minimum absolute atomic E-state index is 0.0970. The molecule has 1 N–H and O–H groups in total. The van der Waals surface area contributed by atoms with Crippen LogP contribution in [0.4, 0.5) is 5.69 Å². The molecule has 0 aromatic heterocycles. The molecule has 0 atom stereocenters. The molecular formula is C14H19NO. The van der Waals surface area contributed by atoms with Gasteiger partial charge in [-0.15, -0.1) is 0 Å². The van der Waals surface area contributed by atoms with Crippen LogP contribution in [0.1, 0.15) is 38.2 Å². The third kappa shape index (κ3) is 4.30. The Morgan fingerprint density at radius 3 is 2.56 bits per heavy atom. The fourth-order valence-electron chi connectivity index (χ4n) is 1.46. The first-order chi connectivity index (χ1) is 7.76. The van der Waals surface area contributed by atoms with Gasteiger partial charge >= 0.3 is 0 Å². The molecule has 0 aliphatic heterocycles. The summed E-state index contributed by atoms with van der Waals surface area (Å²) in [5.41, 5.74) is 1.91. The number of benzene rings is 1. The van der Waals surface area contributed by atoms with Crippen molar-refractivity contribution in [3.8, 4) is 0 Å². The van der Waals surface area contributed by atoms with E-state index in [-0.39, 0.29) is 5.91 Å². The van der Waals surface area contributed by atoms with Crippen molar-refractivity contribution in [2.24, 2.45) is 0 Å². The fraction of sp³-hybridized carbons (Fsp3) is 0.357. The zero-order chi connectivity index (χ0) is 11.8. The summed E-state index contributed by atoms with van der Waals surface area (Å²) in [6.45, 7) is 5.81. The summed E-state index contributed by atoms with van der Waals surface area (Å²) in [6, 6.07) is 7.67. The lowest BCUT2D eigenvalue weighted by molar-refractivity contribution is -0.116. The van der Waals surface area contributed by atoms with Gasteiger partial charge in [-0.05, 0) is 24.1 Å². The van der Waals surface area contributed by atoms with Gasteiger partial charge in [-0.25, -0.2) is 0 Å². The average molecular weight is 217 g/mol. The summed E-state index contributed by atoms with van der Waals surface area (Å²) in [7, 11) is 0. The molecule has 0 saturated heterocycles. The first-order valence-electron chi connectivity index (χ1n) is 5.78. The molecule has 0 heterocycles. The first-order valence-corrected chi connectivity index (χ1v) is 5.78. The van der Waals surface area contributed by atoms with Crippen molar-refractivity contribution in [3.63, 3.8) is 0 Å². The SMILES string of the molecule is C=Cc1ccc(NC(=O)CCCCC)cc1. The molecule has 0 bridgehead atoms. The molecule has 1 rings (SSSR count). The van der Waals surface area contributed by atoms with Crippen molar-refractivity contribution in [1.29, 1.82) is 0 Å². The van der Waals surface area contributed by atoms with Crippen LogP contribution in [-0.4, -0.2) is 5.91 Å². The molecule has 0 aliphatic carbocycles. The van der Waals surface area contributed by atoms with E-state index in [4.69, 9.17) is 0 Å². The van der Waals surface area contributed by atoms with Crippen molar-refractivity contribution < 1.29 is 4.79 Å². The standard InChI is InChI=1S/C14H19NO/c1-3-5-6-7-14(16)15-13-10-8-12(4-2)9-11-13/h4,8-11H,2-3,5-7H2,1H3,(H,15,16). The largest absolute Gasteiger partial charge is 0.326 e. The maximum Gasteiger partial charge on any atom is 0.224 e. The van der Waals surface area contributed by atoms with Gasteiger partial charge in [0.1, 0.15) is 0 Å². The Kier molecular flexibility index (Phi) is 5.34. The third-order valence-corrected chi connectivity index (χ3v) is 2.44. The van der Waals surface area contributed by atoms with Crippen LogP contribution in [0.3, 0.4) is 0 Å². The Labute approximate surface area is 97.4 Å². The summed E-state index contributed by atoms with van der Waals surface area (Å²) >= 11 is 0. The molecule has 1 amide bonds. The van der Waals surface area contributed by atoms with Gasteiger partial charge in [0, 0.05) is 12.1 Å². The van der Waals surface area contributed by atoms with Gasteiger partial charge in [-0.1, -0.05) is 44.6 Å². The minimum Gasteiger partial charge on any atom is -0.326 e. The van der Waals surface area contributed by atoms with E-state index in [2.05, 4.69) is 18.8 Å². The molecule has 16 heavy (non-hydrogen) atoms. The third-order valence-electron chi connectivity index (χ3n) is 2.44. The summed E-state index contributed by atoms with van der Waals surface area (Å²) in [5, 5.41) is 2.88. The van der Waals surface area contributed by atoms with E-state index >= 15 is 0 Å². The van der Waals surface area contributed by atoms with Crippen molar-refractivity contribution >= 4 is 17.7 Å². The number of nitrogens with one attached hydrogen (secondary N) is 1. The molecule has 0 fully saturated rings. The van der Waals surface area contributed by atoms with E-state index in [0.29, 0.717) is 6.42 Å². The topological polar surface area (TPSA) is 29.1 Å². The van der Waals surface area contributed by atoms with Crippen molar-refractivity contribution in [3.05, 3.63) is 36.4 Å². The van der Waals surface area contributed by atoms with Gasteiger partial charge in [0.05, 0.1) is 0 Å². The van der Waals surface area contributed by atoms with Crippen LogP contribution in [0.15, 0.2) is 30.8 Å². The lowest BCUT2D eigenvalue weighted by atomic mass is 10.2. The number of rotatable bonds is 6. The van der Waals surface area contributed by atoms with Crippen LogP contribution in [0.5, 0.6) is 0 Å². The summed E-state index contributed by atoms with van der Waals surface area (Å²) in [6.07, 6.45) is 5.61.